The lowest BCUT2D eigenvalue weighted by Gasteiger charge is -2.26. The second kappa shape index (κ2) is 8.72. The molecule has 0 saturated carbocycles. The van der Waals surface area contributed by atoms with E-state index in [0.29, 0.717) is 49.2 Å². The molecule has 2 heterocycles. The van der Waals surface area contributed by atoms with Crippen LogP contribution in [-0.2, 0) is 9.59 Å². The molecule has 0 aromatic heterocycles. The van der Waals surface area contributed by atoms with Crippen molar-refractivity contribution in [2.45, 2.75) is 18.6 Å². The number of benzene rings is 2. The molecule has 8 nitrogen and oxygen atoms in total. The lowest BCUT2D eigenvalue weighted by atomic mass is 10.2. The van der Waals surface area contributed by atoms with E-state index < -0.39 is 11.8 Å². The molecule has 152 valence electrons. The van der Waals surface area contributed by atoms with Crippen molar-refractivity contribution >= 4 is 11.8 Å². The minimum atomic E-state index is -0.710. The molecule has 2 amide bonds. The van der Waals surface area contributed by atoms with E-state index in [1.165, 1.54) is 0 Å². The minimum absolute atomic E-state index is 0.178. The molecular weight excluding hydrogens is 376 g/mol. The highest BCUT2D eigenvalue weighted by Gasteiger charge is 2.24. The molecule has 0 unspecified atom stereocenters. The number of amides is 2. The van der Waals surface area contributed by atoms with Crippen LogP contribution in [0.15, 0.2) is 48.5 Å². The number of rotatable bonds is 5. The van der Waals surface area contributed by atoms with Crippen LogP contribution in [0.5, 0.6) is 23.0 Å². The molecule has 0 aliphatic carbocycles. The predicted octanol–water partition coefficient (Wildman–Crippen LogP) is 1.29. The SMILES string of the molecule is O=C(NCC[C@@H]1COc2ccccc2O1)C(=O)NC[C@H]1COc2ccccc2O1. The Morgan fingerprint density at radius 1 is 0.759 bits per heavy atom. The first kappa shape index (κ1) is 18.9. The smallest absolute Gasteiger partial charge is 0.309 e. The maximum absolute atomic E-state index is 12.0. The first-order chi connectivity index (χ1) is 14.2. The van der Waals surface area contributed by atoms with Crippen molar-refractivity contribution in [1.82, 2.24) is 10.6 Å². The van der Waals surface area contributed by atoms with Gasteiger partial charge in [0.1, 0.15) is 25.4 Å². The van der Waals surface area contributed by atoms with Gasteiger partial charge in [0, 0.05) is 13.0 Å². The quantitative estimate of drug-likeness (QED) is 0.737. The summed E-state index contributed by atoms with van der Waals surface area (Å²) < 4.78 is 22.8. The maximum Gasteiger partial charge on any atom is 0.309 e. The zero-order chi connectivity index (χ0) is 20.1. The molecular formula is C21H22N2O6. The molecule has 29 heavy (non-hydrogen) atoms. The van der Waals surface area contributed by atoms with E-state index in [9.17, 15) is 9.59 Å². The molecule has 2 atom stereocenters. The standard InChI is InChI=1S/C21H22N2O6/c24-20(22-10-9-14-12-26-16-5-1-3-7-18(16)28-14)21(25)23-11-15-13-27-17-6-2-4-8-19(17)29-15/h1-8,14-15H,9-13H2,(H,22,24)(H,23,25)/t14-,15+/m1/s1. The van der Waals surface area contributed by atoms with Crippen LogP contribution in [0.3, 0.4) is 0 Å². The first-order valence-electron chi connectivity index (χ1n) is 9.52. The van der Waals surface area contributed by atoms with Crippen LogP contribution < -0.4 is 29.6 Å². The highest BCUT2D eigenvalue weighted by molar-refractivity contribution is 6.35. The van der Waals surface area contributed by atoms with Gasteiger partial charge < -0.3 is 29.6 Å². The van der Waals surface area contributed by atoms with E-state index in [0.717, 1.165) is 0 Å². The third-order valence-electron chi connectivity index (χ3n) is 4.58. The zero-order valence-corrected chi connectivity index (χ0v) is 15.8. The Morgan fingerprint density at radius 3 is 1.93 bits per heavy atom. The zero-order valence-electron chi connectivity index (χ0n) is 15.8. The number of fused-ring (bicyclic) bond motifs is 2. The van der Waals surface area contributed by atoms with Gasteiger partial charge in [0.25, 0.3) is 0 Å². The molecule has 8 heteroatoms. The summed E-state index contributed by atoms with van der Waals surface area (Å²) in [4.78, 5) is 24.0. The monoisotopic (exact) mass is 398 g/mol. The van der Waals surface area contributed by atoms with Crippen molar-refractivity contribution in [3.05, 3.63) is 48.5 Å². The van der Waals surface area contributed by atoms with Crippen molar-refractivity contribution in [3.63, 3.8) is 0 Å². The fraction of sp³-hybridized carbons (Fsp3) is 0.333. The molecule has 2 aliphatic heterocycles. The van der Waals surface area contributed by atoms with Crippen LogP contribution >= 0.6 is 0 Å². The second-order valence-corrected chi connectivity index (χ2v) is 6.75. The topological polar surface area (TPSA) is 95.1 Å². The fourth-order valence-corrected chi connectivity index (χ4v) is 3.08. The summed E-state index contributed by atoms with van der Waals surface area (Å²) in [5.41, 5.74) is 0. The molecule has 4 rings (SSSR count). The van der Waals surface area contributed by atoms with Crippen LogP contribution in [0.2, 0.25) is 0 Å². The molecule has 0 bridgehead atoms. The van der Waals surface area contributed by atoms with Crippen LogP contribution in [-0.4, -0.2) is 50.3 Å². The van der Waals surface area contributed by atoms with Gasteiger partial charge in [0.05, 0.1) is 6.54 Å². The number of para-hydroxylation sites is 4. The van der Waals surface area contributed by atoms with E-state index in [-0.39, 0.29) is 18.8 Å². The van der Waals surface area contributed by atoms with E-state index in [2.05, 4.69) is 10.6 Å². The second-order valence-electron chi connectivity index (χ2n) is 6.75. The minimum Gasteiger partial charge on any atom is -0.486 e. The van der Waals surface area contributed by atoms with Gasteiger partial charge in [0.15, 0.2) is 23.0 Å². The Bertz CT molecular complexity index is 887. The normalized spacial score (nSPS) is 19.2. The predicted molar refractivity (Wildman–Crippen MR) is 103 cm³/mol. The number of hydrogen-bond acceptors (Lipinski definition) is 6. The van der Waals surface area contributed by atoms with E-state index in [1.807, 2.05) is 42.5 Å². The third-order valence-corrected chi connectivity index (χ3v) is 4.58. The molecule has 2 aromatic carbocycles. The number of hydrogen-bond donors (Lipinski definition) is 2. The maximum atomic E-state index is 12.0. The summed E-state index contributed by atoms with van der Waals surface area (Å²) in [6.45, 7) is 1.19. The average molecular weight is 398 g/mol. The summed E-state index contributed by atoms with van der Waals surface area (Å²) in [7, 11) is 0. The summed E-state index contributed by atoms with van der Waals surface area (Å²) in [5, 5.41) is 5.17. The molecule has 0 saturated heterocycles. The van der Waals surface area contributed by atoms with Crippen LogP contribution in [0.1, 0.15) is 6.42 Å². The molecule has 0 fully saturated rings. The van der Waals surface area contributed by atoms with Crippen molar-refractivity contribution in [2.24, 2.45) is 0 Å². The number of carbonyl (C=O) groups excluding carboxylic acids is 2. The molecule has 2 N–H and O–H groups in total. The van der Waals surface area contributed by atoms with Crippen LogP contribution in [0.4, 0.5) is 0 Å². The van der Waals surface area contributed by atoms with Gasteiger partial charge in [-0.15, -0.1) is 0 Å². The van der Waals surface area contributed by atoms with E-state index in [1.54, 1.807) is 6.07 Å². The summed E-state index contributed by atoms with van der Waals surface area (Å²) in [6.07, 6.45) is -0.000368. The third kappa shape index (κ3) is 4.71. The Morgan fingerprint density at radius 2 is 1.28 bits per heavy atom. The molecule has 2 aliphatic rings. The fourth-order valence-electron chi connectivity index (χ4n) is 3.08. The van der Waals surface area contributed by atoms with Crippen molar-refractivity contribution in [2.75, 3.05) is 26.3 Å². The summed E-state index contributed by atoms with van der Waals surface area (Å²) >= 11 is 0. The lowest BCUT2D eigenvalue weighted by molar-refractivity contribution is -0.139. The number of nitrogens with one attached hydrogen (secondary N) is 2. The molecule has 0 spiro atoms. The van der Waals surface area contributed by atoms with E-state index in [4.69, 9.17) is 18.9 Å². The Hall–Kier alpha value is -3.42. The van der Waals surface area contributed by atoms with Gasteiger partial charge in [0.2, 0.25) is 0 Å². The van der Waals surface area contributed by atoms with Gasteiger partial charge in [-0.2, -0.15) is 0 Å². The molecule has 2 aromatic rings. The Balaban J connectivity index is 1.16. The van der Waals surface area contributed by atoms with Crippen molar-refractivity contribution < 1.29 is 28.5 Å². The van der Waals surface area contributed by atoms with Gasteiger partial charge in [-0.25, -0.2) is 0 Å². The lowest BCUT2D eigenvalue weighted by Crippen LogP contribution is -2.46. The van der Waals surface area contributed by atoms with Gasteiger partial charge in [-0.05, 0) is 24.3 Å². The highest BCUT2D eigenvalue weighted by atomic mass is 16.6. The highest BCUT2D eigenvalue weighted by Crippen LogP contribution is 2.32. The summed E-state index contributed by atoms with van der Waals surface area (Å²) in [6, 6.07) is 14.7. The van der Waals surface area contributed by atoms with Gasteiger partial charge in [-0.1, -0.05) is 24.3 Å². The van der Waals surface area contributed by atoms with Gasteiger partial charge >= 0.3 is 11.8 Å². The summed E-state index contributed by atoms with van der Waals surface area (Å²) in [5.74, 6) is 1.29. The van der Waals surface area contributed by atoms with Crippen molar-refractivity contribution in [3.8, 4) is 23.0 Å². The number of ether oxygens (including phenoxy) is 4. The Kier molecular flexibility index (Phi) is 5.69. The first-order valence-corrected chi connectivity index (χ1v) is 9.52. The van der Waals surface area contributed by atoms with Crippen molar-refractivity contribution in [1.29, 1.82) is 0 Å². The van der Waals surface area contributed by atoms with Gasteiger partial charge in [-0.3, -0.25) is 9.59 Å². The number of carbonyl (C=O) groups is 2. The molecule has 0 radical (unpaired) electrons. The van der Waals surface area contributed by atoms with Crippen LogP contribution in [0, 0.1) is 0 Å². The Labute approximate surface area is 168 Å². The van der Waals surface area contributed by atoms with E-state index >= 15 is 0 Å². The van der Waals surface area contributed by atoms with Crippen LogP contribution in [0.25, 0.3) is 0 Å². The average Bonchev–Trinajstić information content (AvgIpc) is 2.77. The largest absolute Gasteiger partial charge is 0.486 e.